The maximum absolute atomic E-state index is 12.0. The van der Waals surface area contributed by atoms with Crippen molar-refractivity contribution < 1.29 is 14.3 Å². The summed E-state index contributed by atoms with van der Waals surface area (Å²) < 4.78 is 10.9. The number of hydrogen-bond donors (Lipinski definition) is 1. The number of amides is 1. The quantitative estimate of drug-likeness (QED) is 0.720. The van der Waals surface area contributed by atoms with Crippen LogP contribution in [0.1, 0.15) is 5.56 Å². The van der Waals surface area contributed by atoms with E-state index in [0.717, 1.165) is 22.2 Å². The summed E-state index contributed by atoms with van der Waals surface area (Å²) in [6.45, 7) is 0.484. The van der Waals surface area contributed by atoms with Crippen molar-refractivity contribution in [2.45, 2.75) is 6.42 Å². The number of benzene rings is 2. The molecule has 1 amide bonds. The Morgan fingerprint density at radius 2 is 1.84 bits per heavy atom. The first-order valence-electron chi connectivity index (χ1n) is 8.13. The van der Waals surface area contributed by atoms with Gasteiger partial charge in [-0.15, -0.1) is 0 Å². The molecular weight excluding hydrogens is 316 g/mol. The predicted molar refractivity (Wildman–Crippen MR) is 96.9 cm³/mol. The zero-order chi connectivity index (χ0) is 17.5. The van der Waals surface area contributed by atoms with E-state index in [9.17, 15) is 4.79 Å². The van der Waals surface area contributed by atoms with Gasteiger partial charge in [0, 0.05) is 18.1 Å². The van der Waals surface area contributed by atoms with Gasteiger partial charge in [0.05, 0.1) is 7.11 Å². The number of carbonyl (C=O) groups excluding carboxylic acids is 1. The molecule has 0 bridgehead atoms. The lowest BCUT2D eigenvalue weighted by atomic mass is 10.1. The van der Waals surface area contributed by atoms with Crippen molar-refractivity contribution >= 4 is 16.8 Å². The number of ether oxygens (including phenoxy) is 2. The molecule has 5 heteroatoms. The minimum Gasteiger partial charge on any atom is -0.496 e. The Morgan fingerprint density at radius 1 is 1.04 bits per heavy atom. The van der Waals surface area contributed by atoms with Crippen LogP contribution < -0.4 is 14.8 Å². The second-order valence-electron chi connectivity index (χ2n) is 5.53. The van der Waals surface area contributed by atoms with Crippen molar-refractivity contribution in [3.63, 3.8) is 0 Å². The molecular formula is C20H20N2O3. The molecule has 0 atom stereocenters. The van der Waals surface area contributed by atoms with Crippen LogP contribution in [0.5, 0.6) is 11.5 Å². The Labute approximate surface area is 146 Å². The molecule has 1 heterocycles. The third kappa shape index (κ3) is 4.26. The van der Waals surface area contributed by atoms with E-state index >= 15 is 0 Å². The van der Waals surface area contributed by atoms with E-state index in [1.165, 1.54) is 0 Å². The van der Waals surface area contributed by atoms with Gasteiger partial charge in [-0.3, -0.25) is 9.78 Å². The lowest BCUT2D eigenvalue weighted by Gasteiger charge is -2.10. The number of pyridine rings is 1. The van der Waals surface area contributed by atoms with Gasteiger partial charge in [0.15, 0.2) is 6.61 Å². The molecule has 0 aliphatic rings. The topological polar surface area (TPSA) is 60.5 Å². The number of nitrogens with one attached hydrogen (secondary N) is 1. The number of fused-ring (bicyclic) bond motifs is 1. The molecule has 0 fully saturated rings. The van der Waals surface area contributed by atoms with Crippen molar-refractivity contribution in [3.05, 3.63) is 66.4 Å². The van der Waals surface area contributed by atoms with E-state index in [0.29, 0.717) is 18.7 Å². The molecule has 5 nitrogen and oxygen atoms in total. The number of hydrogen-bond acceptors (Lipinski definition) is 4. The van der Waals surface area contributed by atoms with E-state index in [1.54, 1.807) is 13.3 Å². The highest BCUT2D eigenvalue weighted by molar-refractivity contribution is 5.85. The molecule has 1 aromatic heterocycles. The summed E-state index contributed by atoms with van der Waals surface area (Å²) >= 11 is 0. The van der Waals surface area contributed by atoms with Gasteiger partial charge < -0.3 is 14.8 Å². The van der Waals surface area contributed by atoms with Gasteiger partial charge >= 0.3 is 0 Å². The maximum Gasteiger partial charge on any atom is 0.257 e. The number of nitrogens with zero attached hydrogens (tertiary/aromatic N) is 1. The molecule has 2 aromatic carbocycles. The van der Waals surface area contributed by atoms with Crippen molar-refractivity contribution in [2.75, 3.05) is 20.3 Å². The van der Waals surface area contributed by atoms with Crippen molar-refractivity contribution in [2.24, 2.45) is 0 Å². The third-order valence-electron chi connectivity index (χ3n) is 3.86. The first-order chi connectivity index (χ1) is 12.3. The Kier molecular flexibility index (Phi) is 5.46. The molecule has 128 valence electrons. The molecule has 3 aromatic rings. The highest BCUT2D eigenvalue weighted by atomic mass is 16.5. The molecule has 1 N–H and O–H groups in total. The summed E-state index contributed by atoms with van der Waals surface area (Å²) in [7, 11) is 1.64. The summed E-state index contributed by atoms with van der Waals surface area (Å²) in [5.74, 6) is 1.27. The predicted octanol–water partition coefficient (Wildman–Crippen LogP) is 2.98. The Bertz CT molecular complexity index is 859. The molecule has 0 unspecified atom stereocenters. The van der Waals surface area contributed by atoms with E-state index < -0.39 is 0 Å². The van der Waals surface area contributed by atoms with Crippen LogP contribution in [0, 0.1) is 0 Å². The third-order valence-corrected chi connectivity index (χ3v) is 3.86. The zero-order valence-corrected chi connectivity index (χ0v) is 14.1. The monoisotopic (exact) mass is 336 g/mol. The fourth-order valence-electron chi connectivity index (χ4n) is 2.63. The van der Waals surface area contributed by atoms with Gasteiger partial charge in [-0.05, 0) is 30.2 Å². The Hall–Kier alpha value is -3.08. The number of aromatic nitrogens is 1. The minimum atomic E-state index is -0.164. The van der Waals surface area contributed by atoms with Crippen LogP contribution in [-0.2, 0) is 11.2 Å². The zero-order valence-electron chi connectivity index (χ0n) is 14.1. The maximum atomic E-state index is 12.0. The van der Waals surface area contributed by atoms with Crippen molar-refractivity contribution in [3.8, 4) is 11.5 Å². The van der Waals surface area contributed by atoms with Crippen LogP contribution in [0.3, 0.4) is 0 Å². The fourth-order valence-corrected chi connectivity index (χ4v) is 2.63. The van der Waals surface area contributed by atoms with Crippen LogP contribution in [0.25, 0.3) is 10.9 Å². The van der Waals surface area contributed by atoms with Gasteiger partial charge in [-0.1, -0.05) is 36.4 Å². The van der Waals surface area contributed by atoms with E-state index in [2.05, 4.69) is 10.3 Å². The summed E-state index contributed by atoms with van der Waals surface area (Å²) in [5, 5.41) is 3.84. The number of para-hydroxylation sites is 2. The van der Waals surface area contributed by atoms with Crippen LogP contribution in [0.15, 0.2) is 60.8 Å². The highest BCUT2D eigenvalue weighted by Gasteiger charge is 2.07. The molecule has 0 saturated heterocycles. The summed E-state index contributed by atoms with van der Waals surface area (Å²) in [5.41, 5.74) is 1.82. The SMILES string of the molecule is COc1ccccc1CCNC(=O)COc1cccc2cccnc12. The van der Waals surface area contributed by atoms with Crippen molar-refractivity contribution in [1.29, 1.82) is 0 Å². The minimum absolute atomic E-state index is 0.0401. The number of carbonyl (C=O) groups is 1. The molecule has 0 radical (unpaired) electrons. The van der Waals surface area contributed by atoms with Crippen LogP contribution in [-0.4, -0.2) is 31.2 Å². The Morgan fingerprint density at radius 3 is 2.72 bits per heavy atom. The van der Waals surface area contributed by atoms with Crippen molar-refractivity contribution in [1.82, 2.24) is 10.3 Å². The summed E-state index contributed by atoms with van der Waals surface area (Å²) in [4.78, 5) is 16.3. The van der Waals surface area contributed by atoms with E-state index in [-0.39, 0.29) is 12.5 Å². The normalized spacial score (nSPS) is 10.4. The van der Waals surface area contributed by atoms with E-state index in [4.69, 9.17) is 9.47 Å². The summed E-state index contributed by atoms with van der Waals surface area (Å²) in [6, 6.07) is 17.3. The Balaban J connectivity index is 1.51. The average molecular weight is 336 g/mol. The smallest absolute Gasteiger partial charge is 0.257 e. The lowest BCUT2D eigenvalue weighted by Crippen LogP contribution is -2.30. The lowest BCUT2D eigenvalue weighted by molar-refractivity contribution is -0.123. The number of methoxy groups -OCH3 is 1. The summed E-state index contributed by atoms with van der Waals surface area (Å²) in [6.07, 6.45) is 2.41. The fraction of sp³-hybridized carbons (Fsp3) is 0.200. The van der Waals surface area contributed by atoms with Crippen LogP contribution in [0.2, 0.25) is 0 Å². The first-order valence-corrected chi connectivity index (χ1v) is 8.13. The van der Waals surface area contributed by atoms with Crippen LogP contribution in [0.4, 0.5) is 0 Å². The number of rotatable bonds is 7. The first kappa shape index (κ1) is 16.8. The molecule has 0 spiro atoms. The van der Waals surface area contributed by atoms with E-state index in [1.807, 2.05) is 54.6 Å². The second kappa shape index (κ2) is 8.15. The largest absolute Gasteiger partial charge is 0.496 e. The molecule has 0 saturated carbocycles. The molecule has 0 aliphatic carbocycles. The van der Waals surface area contributed by atoms with Gasteiger partial charge in [0.1, 0.15) is 17.0 Å². The van der Waals surface area contributed by atoms with Gasteiger partial charge in [-0.2, -0.15) is 0 Å². The second-order valence-corrected chi connectivity index (χ2v) is 5.53. The average Bonchev–Trinajstić information content (AvgIpc) is 2.66. The van der Waals surface area contributed by atoms with Gasteiger partial charge in [0.2, 0.25) is 0 Å². The molecule has 0 aliphatic heterocycles. The highest BCUT2D eigenvalue weighted by Crippen LogP contribution is 2.22. The van der Waals surface area contributed by atoms with Gasteiger partial charge in [-0.25, -0.2) is 0 Å². The van der Waals surface area contributed by atoms with Gasteiger partial charge in [0.25, 0.3) is 5.91 Å². The standard InChI is InChI=1S/C20H20N2O3/c1-24-17-9-3-2-6-15(17)11-13-21-19(23)14-25-18-10-4-7-16-8-5-12-22-20(16)18/h2-10,12H,11,13-14H2,1H3,(H,21,23). The molecule has 3 rings (SSSR count). The van der Waals surface area contributed by atoms with Crippen LogP contribution >= 0.6 is 0 Å². The molecule has 25 heavy (non-hydrogen) atoms.